The molecule has 15 heavy (non-hydrogen) atoms. The van der Waals surface area contributed by atoms with E-state index < -0.39 is 0 Å². The molecule has 0 aromatic carbocycles. The number of imidazole rings is 1. The summed E-state index contributed by atoms with van der Waals surface area (Å²) in [4.78, 5) is 6.59. The van der Waals surface area contributed by atoms with Crippen LogP contribution in [0.5, 0.6) is 0 Å². The van der Waals surface area contributed by atoms with E-state index in [2.05, 4.69) is 41.7 Å². The Hall–Kier alpha value is -1.35. The molecule has 0 unspecified atom stereocenters. The molecule has 0 atom stereocenters. The van der Waals surface area contributed by atoms with Gasteiger partial charge in [-0.1, -0.05) is 13.2 Å². The van der Waals surface area contributed by atoms with Crippen molar-refractivity contribution in [2.45, 2.75) is 13.5 Å². The van der Waals surface area contributed by atoms with Crippen LogP contribution in [-0.4, -0.2) is 35.1 Å². The van der Waals surface area contributed by atoms with Crippen molar-refractivity contribution in [2.24, 2.45) is 0 Å². The Kier molecular flexibility index (Phi) is 3.86. The summed E-state index contributed by atoms with van der Waals surface area (Å²) < 4.78 is 2.17. The molecule has 3 heteroatoms. The van der Waals surface area contributed by atoms with Crippen LogP contribution in [0.1, 0.15) is 17.2 Å². The largest absolute Gasteiger partial charge is 0.327 e. The van der Waals surface area contributed by atoms with Gasteiger partial charge in [0.25, 0.3) is 0 Å². The molecular formula is C12H19N3. The highest BCUT2D eigenvalue weighted by Gasteiger charge is 2.09. The Morgan fingerprint density at radius 3 is 2.47 bits per heavy atom. The van der Waals surface area contributed by atoms with Gasteiger partial charge in [0.2, 0.25) is 0 Å². The van der Waals surface area contributed by atoms with Crippen molar-refractivity contribution in [3.8, 4) is 0 Å². The average molecular weight is 205 g/mol. The second-order valence-corrected chi connectivity index (χ2v) is 3.79. The number of aromatic nitrogens is 2. The Morgan fingerprint density at radius 1 is 1.33 bits per heavy atom. The van der Waals surface area contributed by atoms with Crippen LogP contribution in [0, 0.1) is 6.92 Å². The van der Waals surface area contributed by atoms with Crippen LogP contribution in [0.15, 0.2) is 13.2 Å². The molecule has 0 bridgehead atoms. The third-order valence-electron chi connectivity index (χ3n) is 2.38. The summed E-state index contributed by atoms with van der Waals surface area (Å²) in [6, 6.07) is 0. The van der Waals surface area contributed by atoms with E-state index in [4.69, 9.17) is 0 Å². The van der Waals surface area contributed by atoms with Gasteiger partial charge in [-0.25, -0.2) is 4.98 Å². The molecule has 0 aliphatic rings. The first-order chi connectivity index (χ1) is 7.10. The van der Waals surface area contributed by atoms with Crippen LogP contribution in [0.25, 0.3) is 12.2 Å². The molecule has 1 aromatic rings. The summed E-state index contributed by atoms with van der Waals surface area (Å²) in [5, 5.41) is 0. The second kappa shape index (κ2) is 4.94. The van der Waals surface area contributed by atoms with Gasteiger partial charge in [-0.05, 0) is 33.2 Å². The van der Waals surface area contributed by atoms with E-state index in [1.54, 1.807) is 6.08 Å². The van der Waals surface area contributed by atoms with E-state index >= 15 is 0 Å². The Morgan fingerprint density at radius 2 is 2.00 bits per heavy atom. The number of nitrogens with zero attached hydrogens (tertiary/aromatic N) is 3. The molecule has 0 amide bonds. The number of hydrogen-bond donors (Lipinski definition) is 0. The fourth-order valence-electron chi connectivity index (χ4n) is 1.55. The molecule has 3 nitrogen and oxygen atoms in total. The number of aryl methyl sites for hydroxylation is 1. The summed E-state index contributed by atoms with van der Waals surface area (Å²) >= 11 is 0. The predicted molar refractivity (Wildman–Crippen MR) is 65.7 cm³/mol. The zero-order valence-corrected chi connectivity index (χ0v) is 9.82. The van der Waals surface area contributed by atoms with Gasteiger partial charge < -0.3 is 9.47 Å². The zero-order chi connectivity index (χ0) is 11.4. The highest BCUT2D eigenvalue weighted by molar-refractivity contribution is 5.58. The lowest BCUT2D eigenvalue weighted by molar-refractivity contribution is 0.381. The van der Waals surface area contributed by atoms with Crippen LogP contribution in [0.2, 0.25) is 0 Å². The molecule has 0 aliphatic heterocycles. The third kappa shape index (κ3) is 2.57. The summed E-state index contributed by atoms with van der Waals surface area (Å²) in [7, 11) is 4.13. The first-order valence-corrected chi connectivity index (χ1v) is 5.07. The summed E-state index contributed by atoms with van der Waals surface area (Å²) in [5.74, 6) is 1.02. The minimum absolute atomic E-state index is 0.918. The van der Waals surface area contributed by atoms with E-state index in [0.29, 0.717) is 0 Å². The Bertz CT molecular complexity index is 361. The Labute approximate surface area is 91.7 Å². The van der Waals surface area contributed by atoms with Crippen molar-refractivity contribution in [2.75, 3.05) is 20.6 Å². The van der Waals surface area contributed by atoms with Gasteiger partial charge in [-0.2, -0.15) is 0 Å². The minimum atomic E-state index is 0.918. The number of rotatable bonds is 5. The van der Waals surface area contributed by atoms with Crippen molar-refractivity contribution < 1.29 is 0 Å². The summed E-state index contributed by atoms with van der Waals surface area (Å²) in [6.07, 6.45) is 3.61. The number of likely N-dealkylation sites (N-methyl/N-ethyl adjacent to an activating group) is 1. The second-order valence-electron chi connectivity index (χ2n) is 3.79. The lowest BCUT2D eigenvalue weighted by Crippen LogP contribution is -2.19. The molecule has 1 rings (SSSR count). The molecule has 0 saturated carbocycles. The quantitative estimate of drug-likeness (QED) is 0.733. The van der Waals surface area contributed by atoms with E-state index in [1.807, 2.05) is 13.0 Å². The van der Waals surface area contributed by atoms with Gasteiger partial charge in [0.1, 0.15) is 5.82 Å². The van der Waals surface area contributed by atoms with Crippen molar-refractivity contribution in [1.29, 1.82) is 0 Å². The molecule has 0 saturated heterocycles. The van der Waals surface area contributed by atoms with E-state index in [0.717, 1.165) is 30.3 Å². The average Bonchev–Trinajstić information content (AvgIpc) is 2.51. The van der Waals surface area contributed by atoms with Crippen molar-refractivity contribution in [1.82, 2.24) is 14.5 Å². The van der Waals surface area contributed by atoms with Crippen LogP contribution >= 0.6 is 0 Å². The Balaban J connectivity index is 2.99. The summed E-state index contributed by atoms with van der Waals surface area (Å²) in [5.41, 5.74) is 1.98. The summed E-state index contributed by atoms with van der Waals surface area (Å²) in [6.45, 7) is 11.5. The molecule has 0 fully saturated rings. The maximum atomic E-state index is 4.43. The highest BCUT2D eigenvalue weighted by atomic mass is 15.1. The standard InChI is InChI=1S/C12H19N3/c1-6-11-12(7-2)15(10(3)13-11)9-8-14(4)5/h6-7H,1-2,8-9H2,3-5H3. The normalized spacial score (nSPS) is 10.7. The first kappa shape index (κ1) is 11.7. The maximum absolute atomic E-state index is 4.43. The van der Waals surface area contributed by atoms with Gasteiger partial charge in [-0.3, -0.25) is 0 Å². The zero-order valence-electron chi connectivity index (χ0n) is 9.82. The van der Waals surface area contributed by atoms with Crippen LogP contribution < -0.4 is 0 Å². The molecule has 0 radical (unpaired) electrons. The third-order valence-corrected chi connectivity index (χ3v) is 2.38. The molecule has 82 valence electrons. The number of hydrogen-bond acceptors (Lipinski definition) is 2. The first-order valence-electron chi connectivity index (χ1n) is 5.07. The smallest absolute Gasteiger partial charge is 0.106 e. The van der Waals surface area contributed by atoms with Gasteiger partial charge in [0.15, 0.2) is 0 Å². The fourth-order valence-corrected chi connectivity index (χ4v) is 1.55. The van der Waals surface area contributed by atoms with Crippen molar-refractivity contribution >= 4 is 12.2 Å². The van der Waals surface area contributed by atoms with Gasteiger partial charge in [-0.15, -0.1) is 0 Å². The van der Waals surface area contributed by atoms with E-state index in [1.165, 1.54) is 0 Å². The predicted octanol–water partition coefficient (Wildman–Crippen LogP) is 2.04. The van der Waals surface area contributed by atoms with Crippen molar-refractivity contribution in [3.63, 3.8) is 0 Å². The molecule has 0 spiro atoms. The molecule has 0 N–H and O–H groups in total. The molecule has 1 aromatic heterocycles. The van der Waals surface area contributed by atoms with E-state index in [9.17, 15) is 0 Å². The van der Waals surface area contributed by atoms with Gasteiger partial charge in [0.05, 0.1) is 11.4 Å². The lowest BCUT2D eigenvalue weighted by Gasteiger charge is -2.12. The highest BCUT2D eigenvalue weighted by Crippen LogP contribution is 2.14. The lowest BCUT2D eigenvalue weighted by atomic mass is 10.3. The fraction of sp³-hybridized carbons (Fsp3) is 0.417. The monoisotopic (exact) mass is 205 g/mol. The van der Waals surface area contributed by atoms with Gasteiger partial charge in [0, 0.05) is 13.1 Å². The minimum Gasteiger partial charge on any atom is -0.327 e. The van der Waals surface area contributed by atoms with Crippen LogP contribution in [0.3, 0.4) is 0 Å². The molecule has 1 heterocycles. The SMILES string of the molecule is C=Cc1nc(C)n(CCN(C)C)c1C=C. The van der Waals surface area contributed by atoms with Gasteiger partial charge >= 0.3 is 0 Å². The van der Waals surface area contributed by atoms with Crippen molar-refractivity contribution in [3.05, 3.63) is 30.4 Å². The maximum Gasteiger partial charge on any atom is 0.106 e. The topological polar surface area (TPSA) is 21.1 Å². The van der Waals surface area contributed by atoms with Crippen LogP contribution in [0.4, 0.5) is 0 Å². The molecule has 0 aliphatic carbocycles. The van der Waals surface area contributed by atoms with E-state index in [-0.39, 0.29) is 0 Å². The molecular weight excluding hydrogens is 186 g/mol. The van der Waals surface area contributed by atoms with Crippen LogP contribution in [-0.2, 0) is 6.54 Å².